The van der Waals surface area contributed by atoms with Gasteiger partial charge in [0, 0.05) is 34.6 Å². The predicted octanol–water partition coefficient (Wildman–Crippen LogP) is -10.8. The standard InChI is InChI=1S/C40H67N5O26/c1-11(50)42-22-28(57)32(16(6-46)63-36(22)61)69-38-24(44-13(3)52)30(59)34(18(8-48)65-38)71-40-25(45-14(4)53)31(60)35(19(9-49)66-40)70-39-23(43-12(2)51)29(58)33(17(7-47)64-39)68-37-21(41)27(56)26(55)20(67-37)10-62-15(5)54/h16-40,46-49,55-61H,6-10,41H2,1-5H3,(H,42,50)(H,43,51)(H,44,52)(H,45,53). The summed E-state index contributed by atoms with van der Waals surface area (Å²) < 4.78 is 57.9. The Bertz CT molecular complexity index is 1790. The summed E-state index contributed by atoms with van der Waals surface area (Å²) in [6, 6.07) is -8.00. The van der Waals surface area contributed by atoms with Crippen LogP contribution < -0.4 is 27.0 Å². The number of hydrogen-bond acceptors (Lipinski definition) is 27. The molecule has 31 heteroatoms. The predicted molar refractivity (Wildman–Crippen MR) is 224 cm³/mol. The average Bonchev–Trinajstić information content (AvgIpc) is 3.30. The molecular formula is C40H67N5O26. The fraction of sp³-hybridized carbons (Fsp3) is 0.875. The maximum Gasteiger partial charge on any atom is 0.302 e. The Balaban J connectivity index is 1.38. The van der Waals surface area contributed by atoms with Crippen LogP contribution in [0.25, 0.3) is 0 Å². The molecule has 25 atom stereocenters. The van der Waals surface area contributed by atoms with Crippen molar-refractivity contribution in [3.05, 3.63) is 0 Å². The maximum atomic E-state index is 12.7. The Morgan fingerprint density at radius 2 is 0.718 bits per heavy atom. The van der Waals surface area contributed by atoms with E-state index in [4.69, 9.17) is 53.1 Å². The lowest BCUT2D eigenvalue weighted by atomic mass is 9.93. The van der Waals surface area contributed by atoms with Gasteiger partial charge in [0.2, 0.25) is 23.6 Å². The third-order valence-electron chi connectivity index (χ3n) is 12.3. The average molecular weight is 1030 g/mol. The monoisotopic (exact) mass is 1030 g/mol. The molecule has 5 aliphatic rings. The van der Waals surface area contributed by atoms with E-state index in [1.165, 1.54) is 0 Å². The van der Waals surface area contributed by atoms with E-state index in [2.05, 4.69) is 21.3 Å². The van der Waals surface area contributed by atoms with Gasteiger partial charge in [0.15, 0.2) is 31.5 Å². The summed E-state index contributed by atoms with van der Waals surface area (Å²) in [5.74, 6) is -3.78. The van der Waals surface area contributed by atoms with E-state index >= 15 is 0 Å². The highest BCUT2D eigenvalue weighted by Gasteiger charge is 2.57. The Hall–Kier alpha value is -3.49. The number of rotatable bonds is 18. The molecule has 5 aliphatic heterocycles. The van der Waals surface area contributed by atoms with E-state index in [1.807, 2.05) is 0 Å². The number of nitrogens with one attached hydrogen (secondary N) is 4. The zero-order chi connectivity index (χ0) is 52.8. The zero-order valence-corrected chi connectivity index (χ0v) is 39.1. The van der Waals surface area contributed by atoms with Crippen LogP contribution in [-0.4, -0.2) is 272 Å². The fourth-order valence-electron chi connectivity index (χ4n) is 8.89. The van der Waals surface area contributed by atoms with Gasteiger partial charge in [-0.1, -0.05) is 0 Å². The van der Waals surface area contributed by atoms with E-state index in [0.29, 0.717) is 0 Å². The molecule has 5 fully saturated rings. The van der Waals surface area contributed by atoms with Crippen LogP contribution >= 0.6 is 0 Å². The van der Waals surface area contributed by atoms with Gasteiger partial charge in [-0.05, 0) is 0 Å². The van der Waals surface area contributed by atoms with Crippen molar-refractivity contribution in [1.82, 2.24) is 21.3 Å². The minimum absolute atomic E-state index is 0.545. The molecule has 0 aliphatic carbocycles. The molecule has 5 saturated heterocycles. The zero-order valence-electron chi connectivity index (χ0n) is 39.1. The minimum Gasteiger partial charge on any atom is -0.463 e. The van der Waals surface area contributed by atoms with E-state index < -0.39 is 216 Å². The molecule has 31 nitrogen and oxygen atoms in total. The second-order valence-electron chi connectivity index (χ2n) is 17.6. The number of hydrogen-bond donors (Lipinski definition) is 16. The lowest BCUT2D eigenvalue weighted by Gasteiger charge is -2.51. The van der Waals surface area contributed by atoms with E-state index in [-0.39, 0.29) is 0 Å². The van der Waals surface area contributed by atoms with Crippen molar-refractivity contribution in [2.24, 2.45) is 5.73 Å². The molecular weight excluding hydrogens is 966 g/mol. The van der Waals surface area contributed by atoms with E-state index in [9.17, 15) is 80.1 Å². The molecule has 17 N–H and O–H groups in total. The second kappa shape index (κ2) is 25.6. The number of aliphatic hydroxyl groups excluding tert-OH is 11. The van der Waals surface area contributed by atoms with Crippen molar-refractivity contribution < 1.29 is 128 Å². The lowest BCUT2D eigenvalue weighted by Crippen LogP contribution is -2.72. The second-order valence-corrected chi connectivity index (χ2v) is 17.6. The van der Waals surface area contributed by atoms with Crippen LogP contribution in [0.5, 0.6) is 0 Å². The summed E-state index contributed by atoms with van der Waals surface area (Å²) in [5.41, 5.74) is 6.09. The molecule has 0 saturated carbocycles. The van der Waals surface area contributed by atoms with Gasteiger partial charge in [-0.25, -0.2) is 0 Å². The largest absolute Gasteiger partial charge is 0.463 e. The first-order chi connectivity index (χ1) is 33.5. The van der Waals surface area contributed by atoms with Gasteiger partial charge in [0.1, 0.15) is 122 Å². The minimum atomic E-state index is -1.99. The Kier molecular flexibility index (Phi) is 21.1. The molecule has 4 amide bonds. The Morgan fingerprint density at radius 3 is 1.04 bits per heavy atom. The molecule has 408 valence electrons. The summed E-state index contributed by atoms with van der Waals surface area (Å²) in [5, 5.41) is 130. The first-order valence-electron chi connectivity index (χ1n) is 22.5. The maximum absolute atomic E-state index is 12.7. The molecule has 0 aromatic carbocycles. The van der Waals surface area contributed by atoms with Crippen LogP contribution in [0.4, 0.5) is 0 Å². The summed E-state index contributed by atoms with van der Waals surface area (Å²) in [4.78, 5) is 61.0. The highest BCUT2D eigenvalue weighted by Crippen LogP contribution is 2.36. The molecule has 25 unspecified atom stereocenters. The highest BCUT2D eigenvalue weighted by atomic mass is 16.8. The molecule has 0 spiro atoms. The topological polar surface area (TPSA) is 474 Å². The van der Waals surface area contributed by atoms with Crippen molar-refractivity contribution in [2.75, 3.05) is 33.0 Å². The van der Waals surface area contributed by atoms with Crippen LogP contribution in [-0.2, 0) is 71.3 Å². The molecule has 5 rings (SSSR count). The quantitative estimate of drug-likeness (QED) is 0.0567. The number of carbonyl (C=O) groups is 5. The SMILES string of the molecule is CC(=O)NC1C(O)OC(CO)C(OC2OC(CO)C(OC3OC(CO)C(OC4OC(CO)C(OC5OC(COC(C)=O)C(O)C(O)C5N)C(O)C4NC(C)=O)C(O)C3NC(C)=O)C(O)C2NC(C)=O)C1O. The van der Waals surface area contributed by atoms with Gasteiger partial charge >= 0.3 is 5.97 Å². The van der Waals surface area contributed by atoms with Crippen molar-refractivity contribution in [3.8, 4) is 0 Å². The lowest BCUT2D eigenvalue weighted by molar-refractivity contribution is -0.367. The molecule has 0 aromatic rings. The van der Waals surface area contributed by atoms with Crippen molar-refractivity contribution in [1.29, 1.82) is 0 Å². The molecule has 0 bridgehead atoms. The van der Waals surface area contributed by atoms with E-state index in [1.54, 1.807) is 0 Å². The number of nitrogens with two attached hydrogens (primary N) is 1. The fourth-order valence-corrected chi connectivity index (χ4v) is 8.89. The normalized spacial score (nSPS) is 43.9. The van der Waals surface area contributed by atoms with Gasteiger partial charge in [-0.2, -0.15) is 0 Å². The smallest absolute Gasteiger partial charge is 0.302 e. The van der Waals surface area contributed by atoms with E-state index in [0.717, 1.165) is 34.6 Å². The van der Waals surface area contributed by atoms with Crippen LogP contribution in [0.1, 0.15) is 34.6 Å². The van der Waals surface area contributed by atoms with Crippen LogP contribution in [0, 0.1) is 0 Å². The number of aliphatic hydroxyl groups is 11. The van der Waals surface area contributed by atoms with Crippen LogP contribution in [0.3, 0.4) is 0 Å². The number of esters is 1. The van der Waals surface area contributed by atoms with Gasteiger partial charge in [0.05, 0.1) is 32.5 Å². The number of amides is 4. The van der Waals surface area contributed by atoms with Gasteiger partial charge in [0.25, 0.3) is 0 Å². The molecule has 5 heterocycles. The Labute approximate surface area is 404 Å². The molecule has 0 aromatic heterocycles. The first-order valence-corrected chi connectivity index (χ1v) is 22.5. The Morgan fingerprint density at radius 1 is 0.423 bits per heavy atom. The summed E-state index contributed by atoms with van der Waals surface area (Å²) >= 11 is 0. The van der Waals surface area contributed by atoms with Crippen molar-refractivity contribution in [3.63, 3.8) is 0 Å². The van der Waals surface area contributed by atoms with Gasteiger partial charge < -0.3 is 131 Å². The first kappa shape index (κ1) is 58.4. The van der Waals surface area contributed by atoms with Gasteiger partial charge in [-0.15, -0.1) is 0 Å². The number of carbonyl (C=O) groups excluding carboxylic acids is 5. The third kappa shape index (κ3) is 13.8. The molecule has 0 radical (unpaired) electrons. The van der Waals surface area contributed by atoms with Crippen LogP contribution in [0.2, 0.25) is 0 Å². The number of ether oxygens (including phenoxy) is 10. The summed E-state index contributed by atoms with van der Waals surface area (Å²) in [6.45, 7) is 1.04. The third-order valence-corrected chi connectivity index (χ3v) is 12.3. The van der Waals surface area contributed by atoms with Crippen molar-refractivity contribution >= 4 is 29.6 Å². The van der Waals surface area contributed by atoms with Crippen molar-refractivity contribution in [2.45, 2.75) is 188 Å². The van der Waals surface area contributed by atoms with Crippen LogP contribution in [0.15, 0.2) is 0 Å². The summed E-state index contributed by atoms with van der Waals surface area (Å²) in [7, 11) is 0. The summed E-state index contributed by atoms with van der Waals surface area (Å²) in [6.07, 6.45) is -34.5. The highest BCUT2D eigenvalue weighted by molar-refractivity contribution is 5.74. The molecule has 71 heavy (non-hydrogen) atoms. The van der Waals surface area contributed by atoms with Gasteiger partial charge in [-0.3, -0.25) is 24.0 Å².